The Balaban J connectivity index is 2.27. The van der Waals surface area contributed by atoms with E-state index in [1.165, 1.54) is 0 Å². The summed E-state index contributed by atoms with van der Waals surface area (Å²) < 4.78 is 0. The Morgan fingerprint density at radius 2 is 1.70 bits per heavy atom. The number of halogens is 1. The largest absolute Gasteiger partial charge is 0.381 e. The van der Waals surface area contributed by atoms with E-state index in [9.17, 15) is 5.11 Å². The third kappa shape index (κ3) is 2.07. The molecule has 3 aromatic rings. The summed E-state index contributed by atoms with van der Waals surface area (Å²) in [5.74, 6) is 0. The number of pyridine rings is 1. The Morgan fingerprint density at radius 1 is 0.950 bits per heavy atom. The molecule has 0 radical (unpaired) electrons. The van der Waals surface area contributed by atoms with Gasteiger partial charge in [0.1, 0.15) is 5.60 Å². The molecule has 0 saturated carbocycles. The van der Waals surface area contributed by atoms with Crippen LogP contribution in [0.2, 0.25) is 5.02 Å². The van der Waals surface area contributed by atoms with Gasteiger partial charge in [-0.05, 0) is 30.7 Å². The van der Waals surface area contributed by atoms with Crippen LogP contribution in [0.5, 0.6) is 0 Å². The Kier molecular flexibility index (Phi) is 3.20. The highest BCUT2D eigenvalue weighted by molar-refractivity contribution is 6.31. The average Bonchev–Trinajstić information content (AvgIpc) is 2.47. The number of fused-ring (bicyclic) bond motifs is 1. The van der Waals surface area contributed by atoms with E-state index in [-0.39, 0.29) is 0 Å². The summed E-state index contributed by atoms with van der Waals surface area (Å²) in [6, 6.07) is 16.9. The summed E-state index contributed by atoms with van der Waals surface area (Å²) in [5.41, 5.74) is 1.19. The number of aliphatic hydroxyl groups is 1. The number of nitrogens with zero attached hydrogens (tertiary/aromatic N) is 1. The van der Waals surface area contributed by atoms with Crippen molar-refractivity contribution >= 4 is 22.5 Å². The normalized spacial score (nSPS) is 14.2. The predicted molar refractivity (Wildman–Crippen MR) is 81.9 cm³/mol. The molecule has 1 aromatic heterocycles. The van der Waals surface area contributed by atoms with Gasteiger partial charge in [-0.15, -0.1) is 0 Å². The minimum Gasteiger partial charge on any atom is -0.381 e. The fraction of sp³-hybridized carbons (Fsp3) is 0.118. The van der Waals surface area contributed by atoms with Crippen molar-refractivity contribution in [1.29, 1.82) is 0 Å². The standard InChI is InChI=1S/C17H14ClNO/c1-17(20,14-7-2-3-9-15(14)18)13-8-4-10-16-12(13)6-5-11-19-16/h2-11,20H,1H3. The number of hydrogen-bond acceptors (Lipinski definition) is 2. The molecular formula is C17H14ClNO. The molecule has 0 spiro atoms. The lowest BCUT2D eigenvalue weighted by Crippen LogP contribution is -2.23. The van der Waals surface area contributed by atoms with Crippen LogP contribution in [0, 0.1) is 0 Å². The summed E-state index contributed by atoms with van der Waals surface area (Å²) in [4.78, 5) is 4.33. The molecule has 0 aliphatic carbocycles. The van der Waals surface area contributed by atoms with Crippen molar-refractivity contribution in [2.24, 2.45) is 0 Å². The fourth-order valence-electron chi connectivity index (χ4n) is 2.53. The summed E-state index contributed by atoms with van der Waals surface area (Å²) in [5, 5.41) is 12.5. The van der Waals surface area contributed by atoms with Crippen molar-refractivity contribution in [2.45, 2.75) is 12.5 Å². The van der Waals surface area contributed by atoms with Crippen LogP contribution in [0.1, 0.15) is 18.1 Å². The first kappa shape index (κ1) is 13.1. The Labute approximate surface area is 122 Å². The van der Waals surface area contributed by atoms with Gasteiger partial charge in [0.05, 0.1) is 5.52 Å². The minimum absolute atomic E-state index is 0.554. The van der Waals surface area contributed by atoms with Gasteiger partial charge in [0.25, 0.3) is 0 Å². The van der Waals surface area contributed by atoms with E-state index < -0.39 is 5.60 Å². The zero-order chi connectivity index (χ0) is 14.2. The van der Waals surface area contributed by atoms with Crippen molar-refractivity contribution < 1.29 is 5.11 Å². The molecule has 1 atom stereocenters. The lowest BCUT2D eigenvalue weighted by molar-refractivity contribution is 0.104. The molecule has 3 heteroatoms. The summed E-state index contributed by atoms with van der Waals surface area (Å²) in [6.45, 7) is 1.76. The number of hydrogen-bond donors (Lipinski definition) is 1. The van der Waals surface area contributed by atoms with Crippen LogP contribution in [0.4, 0.5) is 0 Å². The Hall–Kier alpha value is -1.90. The summed E-state index contributed by atoms with van der Waals surface area (Å²) >= 11 is 6.23. The van der Waals surface area contributed by atoms with E-state index in [0.29, 0.717) is 10.6 Å². The van der Waals surface area contributed by atoms with E-state index in [4.69, 9.17) is 11.6 Å². The van der Waals surface area contributed by atoms with Crippen molar-refractivity contribution in [2.75, 3.05) is 0 Å². The highest BCUT2D eigenvalue weighted by Crippen LogP contribution is 2.36. The molecule has 20 heavy (non-hydrogen) atoms. The number of aromatic nitrogens is 1. The van der Waals surface area contributed by atoms with E-state index in [1.807, 2.05) is 48.5 Å². The zero-order valence-corrected chi connectivity index (χ0v) is 11.8. The van der Waals surface area contributed by atoms with Gasteiger partial charge in [-0.1, -0.05) is 48.0 Å². The molecule has 1 unspecified atom stereocenters. The first-order chi connectivity index (χ1) is 9.60. The van der Waals surface area contributed by atoms with Crippen molar-refractivity contribution in [3.05, 3.63) is 76.9 Å². The molecule has 1 N–H and O–H groups in total. The maximum absolute atomic E-state index is 11.0. The van der Waals surface area contributed by atoms with Gasteiger partial charge in [-0.3, -0.25) is 4.98 Å². The second-order valence-corrected chi connectivity index (χ2v) is 5.33. The van der Waals surface area contributed by atoms with Gasteiger partial charge >= 0.3 is 0 Å². The summed E-state index contributed by atoms with van der Waals surface area (Å²) in [7, 11) is 0. The predicted octanol–water partition coefficient (Wildman–Crippen LogP) is 4.14. The second-order valence-electron chi connectivity index (χ2n) is 4.93. The fourth-order valence-corrected chi connectivity index (χ4v) is 2.85. The Bertz CT molecular complexity index is 762. The third-order valence-corrected chi connectivity index (χ3v) is 3.90. The molecule has 100 valence electrons. The lowest BCUT2D eigenvalue weighted by atomic mass is 9.86. The van der Waals surface area contributed by atoms with Gasteiger partial charge in [-0.25, -0.2) is 0 Å². The van der Waals surface area contributed by atoms with Gasteiger partial charge in [0.15, 0.2) is 0 Å². The monoisotopic (exact) mass is 283 g/mol. The van der Waals surface area contributed by atoms with E-state index in [2.05, 4.69) is 4.98 Å². The molecule has 1 heterocycles. The minimum atomic E-state index is -1.17. The third-order valence-electron chi connectivity index (χ3n) is 3.57. The summed E-state index contributed by atoms with van der Waals surface area (Å²) in [6.07, 6.45) is 1.75. The van der Waals surface area contributed by atoms with E-state index in [0.717, 1.165) is 16.5 Å². The molecule has 3 rings (SSSR count). The number of rotatable bonds is 2. The zero-order valence-electron chi connectivity index (χ0n) is 11.0. The molecule has 2 nitrogen and oxygen atoms in total. The van der Waals surface area contributed by atoms with Crippen LogP contribution in [-0.4, -0.2) is 10.1 Å². The highest BCUT2D eigenvalue weighted by atomic mass is 35.5. The molecule has 0 fully saturated rings. The molecule has 0 aliphatic heterocycles. The van der Waals surface area contributed by atoms with Gasteiger partial charge in [0.2, 0.25) is 0 Å². The van der Waals surface area contributed by atoms with Crippen molar-refractivity contribution in [3.63, 3.8) is 0 Å². The van der Waals surface area contributed by atoms with Crippen molar-refractivity contribution in [3.8, 4) is 0 Å². The lowest BCUT2D eigenvalue weighted by Gasteiger charge is -2.26. The SMILES string of the molecule is CC(O)(c1ccccc1Cl)c1cccc2ncccc12. The molecule has 0 aliphatic rings. The molecule has 2 aromatic carbocycles. The van der Waals surface area contributed by atoms with E-state index >= 15 is 0 Å². The van der Waals surface area contributed by atoms with Crippen molar-refractivity contribution in [1.82, 2.24) is 4.98 Å². The smallest absolute Gasteiger partial charge is 0.114 e. The van der Waals surface area contributed by atoms with Crippen LogP contribution in [-0.2, 0) is 5.60 Å². The topological polar surface area (TPSA) is 33.1 Å². The molecule has 0 saturated heterocycles. The van der Waals surface area contributed by atoms with Crippen LogP contribution in [0.3, 0.4) is 0 Å². The first-order valence-corrected chi connectivity index (χ1v) is 6.80. The van der Waals surface area contributed by atoms with Crippen LogP contribution >= 0.6 is 11.6 Å². The first-order valence-electron chi connectivity index (χ1n) is 6.42. The quantitative estimate of drug-likeness (QED) is 0.766. The Morgan fingerprint density at radius 3 is 2.50 bits per heavy atom. The van der Waals surface area contributed by atoms with Gasteiger partial charge < -0.3 is 5.11 Å². The van der Waals surface area contributed by atoms with Crippen LogP contribution in [0.15, 0.2) is 60.8 Å². The second kappa shape index (κ2) is 4.89. The molecule has 0 bridgehead atoms. The average molecular weight is 284 g/mol. The van der Waals surface area contributed by atoms with Crippen LogP contribution in [0.25, 0.3) is 10.9 Å². The number of benzene rings is 2. The maximum Gasteiger partial charge on any atom is 0.114 e. The molecular weight excluding hydrogens is 270 g/mol. The highest BCUT2D eigenvalue weighted by Gasteiger charge is 2.29. The van der Waals surface area contributed by atoms with E-state index in [1.54, 1.807) is 19.2 Å². The van der Waals surface area contributed by atoms with Gasteiger partial charge in [-0.2, -0.15) is 0 Å². The molecule has 0 amide bonds. The van der Waals surface area contributed by atoms with Crippen LogP contribution < -0.4 is 0 Å². The van der Waals surface area contributed by atoms with Gasteiger partial charge in [0, 0.05) is 22.2 Å². The maximum atomic E-state index is 11.0.